The maximum atomic E-state index is 5.71. The molecular weight excluding hydrogens is 224 g/mol. The van der Waals surface area contributed by atoms with Crippen LogP contribution in [-0.2, 0) is 4.74 Å². The van der Waals surface area contributed by atoms with Crippen LogP contribution in [0.3, 0.4) is 0 Å². The van der Waals surface area contributed by atoms with Gasteiger partial charge >= 0.3 is 0 Å². The summed E-state index contributed by atoms with van der Waals surface area (Å²) in [6.45, 7) is 16.6. The molecule has 3 heteroatoms. The summed E-state index contributed by atoms with van der Waals surface area (Å²) in [6, 6.07) is 1.21. The molecule has 0 radical (unpaired) electrons. The third-order valence-electron chi connectivity index (χ3n) is 3.77. The van der Waals surface area contributed by atoms with E-state index >= 15 is 0 Å². The lowest BCUT2D eigenvalue weighted by Gasteiger charge is -2.45. The Hall–Kier alpha value is -0.120. The first-order valence-corrected chi connectivity index (χ1v) is 7.50. The highest BCUT2D eigenvalue weighted by molar-refractivity contribution is 4.91. The Kier molecular flexibility index (Phi) is 6.61. The lowest BCUT2D eigenvalue weighted by atomic mass is 9.84. The minimum absolute atomic E-state index is 0.330. The van der Waals surface area contributed by atoms with Crippen molar-refractivity contribution >= 4 is 0 Å². The van der Waals surface area contributed by atoms with Crippen molar-refractivity contribution < 1.29 is 4.74 Å². The normalized spacial score (nSPS) is 26.5. The Morgan fingerprint density at radius 2 is 2.00 bits per heavy atom. The Bertz CT molecular complexity index is 225. The van der Waals surface area contributed by atoms with E-state index in [4.69, 9.17) is 4.74 Å². The standard InChI is InChI=1S/C15H32N2O/c1-6-7-9-18-10-8-17-12-13(2)16-11-14(17)15(3,4)5/h13-14,16H,6-12H2,1-5H3. The molecule has 0 aliphatic carbocycles. The van der Waals surface area contributed by atoms with Crippen LogP contribution in [0.15, 0.2) is 0 Å². The van der Waals surface area contributed by atoms with Gasteiger partial charge in [-0.2, -0.15) is 0 Å². The molecule has 1 N–H and O–H groups in total. The molecule has 2 atom stereocenters. The minimum Gasteiger partial charge on any atom is -0.380 e. The fourth-order valence-corrected chi connectivity index (χ4v) is 2.62. The maximum absolute atomic E-state index is 5.71. The summed E-state index contributed by atoms with van der Waals surface area (Å²) in [7, 11) is 0. The molecule has 2 unspecified atom stereocenters. The molecule has 0 saturated carbocycles. The lowest BCUT2D eigenvalue weighted by molar-refractivity contribution is 0.0267. The zero-order chi connectivity index (χ0) is 13.6. The molecule has 108 valence electrons. The van der Waals surface area contributed by atoms with Crippen molar-refractivity contribution in [3.8, 4) is 0 Å². The van der Waals surface area contributed by atoms with Gasteiger partial charge in [0.2, 0.25) is 0 Å². The van der Waals surface area contributed by atoms with Gasteiger partial charge in [0.15, 0.2) is 0 Å². The molecular formula is C15H32N2O. The van der Waals surface area contributed by atoms with E-state index in [2.05, 4.69) is 44.8 Å². The average Bonchev–Trinajstić information content (AvgIpc) is 2.27. The van der Waals surface area contributed by atoms with Crippen LogP contribution in [0.5, 0.6) is 0 Å². The molecule has 1 fully saturated rings. The first kappa shape index (κ1) is 15.9. The van der Waals surface area contributed by atoms with Gasteiger partial charge in [-0.15, -0.1) is 0 Å². The van der Waals surface area contributed by atoms with Gasteiger partial charge in [-0.1, -0.05) is 34.1 Å². The van der Waals surface area contributed by atoms with Crippen molar-refractivity contribution in [1.82, 2.24) is 10.2 Å². The highest BCUT2D eigenvalue weighted by atomic mass is 16.5. The number of unbranched alkanes of at least 4 members (excludes halogenated alkanes) is 1. The number of ether oxygens (including phenoxy) is 1. The van der Waals surface area contributed by atoms with Crippen LogP contribution in [-0.4, -0.2) is 49.8 Å². The summed E-state index contributed by atoms with van der Waals surface area (Å²) in [6.07, 6.45) is 2.40. The summed E-state index contributed by atoms with van der Waals surface area (Å²) in [5, 5.41) is 3.60. The molecule has 1 saturated heterocycles. The predicted molar refractivity (Wildman–Crippen MR) is 78.0 cm³/mol. The first-order valence-electron chi connectivity index (χ1n) is 7.50. The van der Waals surface area contributed by atoms with Crippen molar-refractivity contribution in [2.24, 2.45) is 5.41 Å². The van der Waals surface area contributed by atoms with Crippen molar-refractivity contribution in [2.75, 3.05) is 32.8 Å². The molecule has 1 aliphatic heterocycles. The van der Waals surface area contributed by atoms with Gasteiger partial charge in [-0.25, -0.2) is 0 Å². The van der Waals surface area contributed by atoms with E-state index in [1.807, 2.05) is 0 Å². The summed E-state index contributed by atoms with van der Waals surface area (Å²) in [5.74, 6) is 0. The van der Waals surface area contributed by atoms with E-state index in [1.165, 1.54) is 12.8 Å². The number of nitrogens with one attached hydrogen (secondary N) is 1. The van der Waals surface area contributed by atoms with E-state index < -0.39 is 0 Å². The van der Waals surface area contributed by atoms with Crippen LogP contribution in [0.1, 0.15) is 47.5 Å². The smallest absolute Gasteiger partial charge is 0.0593 e. The van der Waals surface area contributed by atoms with E-state index in [-0.39, 0.29) is 0 Å². The van der Waals surface area contributed by atoms with E-state index in [0.717, 1.165) is 32.8 Å². The van der Waals surface area contributed by atoms with E-state index in [9.17, 15) is 0 Å². The second-order valence-corrected chi connectivity index (χ2v) is 6.65. The third-order valence-corrected chi connectivity index (χ3v) is 3.77. The molecule has 3 nitrogen and oxygen atoms in total. The van der Waals surface area contributed by atoms with Crippen molar-refractivity contribution in [1.29, 1.82) is 0 Å². The second kappa shape index (κ2) is 7.46. The molecule has 1 heterocycles. The minimum atomic E-state index is 0.330. The van der Waals surface area contributed by atoms with Crippen LogP contribution in [0.4, 0.5) is 0 Å². The fourth-order valence-electron chi connectivity index (χ4n) is 2.62. The van der Waals surface area contributed by atoms with E-state index in [0.29, 0.717) is 17.5 Å². The van der Waals surface area contributed by atoms with Gasteiger partial charge in [0.1, 0.15) is 0 Å². The topological polar surface area (TPSA) is 24.5 Å². The predicted octanol–water partition coefficient (Wildman–Crippen LogP) is 2.51. The van der Waals surface area contributed by atoms with Crippen LogP contribution in [0.2, 0.25) is 0 Å². The summed E-state index contributed by atoms with van der Waals surface area (Å²) in [5.41, 5.74) is 0.330. The number of rotatable bonds is 6. The lowest BCUT2D eigenvalue weighted by Crippen LogP contribution is -2.60. The molecule has 0 bridgehead atoms. The van der Waals surface area contributed by atoms with Crippen LogP contribution < -0.4 is 5.32 Å². The zero-order valence-electron chi connectivity index (χ0n) is 13.0. The van der Waals surface area contributed by atoms with Crippen molar-refractivity contribution in [3.63, 3.8) is 0 Å². The van der Waals surface area contributed by atoms with Crippen LogP contribution in [0, 0.1) is 5.41 Å². The molecule has 0 amide bonds. The molecule has 1 aliphatic rings. The molecule has 0 aromatic heterocycles. The van der Waals surface area contributed by atoms with Gasteiger partial charge in [0.05, 0.1) is 6.61 Å². The molecule has 1 rings (SSSR count). The maximum Gasteiger partial charge on any atom is 0.0593 e. The third kappa shape index (κ3) is 5.25. The highest BCUT2D eigenvalue weighted by Gasteiger charge is 2.33. The summed E-state index contributed by atoms with van der Waals surface area (Å²) < 4.78 is 5.71. The van der Waals surface area contributed by atoms with Crippen molar-refractivity contribution in [3.05, 3.63) is 0 Å². The Balaban J connectivity index is 2.37. The van der Waals surface area contributed by atoms with Crippen LogP contribution in [0.25, 0.3) is 0 Å². The van der Waals surface area contributed by atoms with Gasteiger partial charge < -0.3 is 10.1 Å². The number of hydrogen-bond donors (Lipinski definition) is 1. The van der Waals surface area contributed by atoms with E-state index in [1.54, 1.807) is 0 Å². The van der Waals surface area contributed by atoms with Gasteiger partial charge in [0.25, 0.3) is 0 Å². The molecule has 0 spiro atoms. The van der Waals surface area contributed by atoms with Gasteiger partial charge in [-0.3, -0.25) is 4.90 Å². The Labute approximate surface area is 113 Å². The number of piperazine rings is 1. The monoisotopic (exact) mass is 256 g/mol. The SMILES string of the molecule is CCCCOCCN1CC(C)NCC1C(C)(C)C. The highest BCUT2D eigenvalue weighted by Crippen LogP contribution is 2.26. The quantitative estimate of drug-likeness (QED) is 0.739. The van der Waals surface area contributed by atoms with Gasteiger partial charge in [-0.05, 0) is 18.8 Å². The molecule has 0 aromatic carbocycles. The molecule has 0 aromatic rings. The Morgan fingerprint density at radius 1 is 1.28 bits per heavy atom. The first-order chi connectivity index (χ1) is 8.45. The van der Waals surface area contributed by atoms with Crippen LogP contribution >= 0.6 is 0 Å². The number of nitrogens with zero attached hydrogens (tertiary/aromatic N) is 1. The largest absolute Gasteiger partial charge is 0.380 e. The van der Waals surface area contributed by atoms with Crippen molar-refractivity contribution in [2.45, 2.75) is 59.5 Å². The fraction of sp³-hybridized carbons (Fsp3) is 1.00. The summed E-state index contributed by atoms with van der Waals surface area (Å²) in [4.78, 5) is 2.60. The zero-order valence-corrected chi connectivity index (χ0v) is 13.0. The van der Waals surface area contributed by atoms with Gasteiger partial charge in [0, 0.05) is 38.3 Å². The summed E-state index contributed by atoms with van der Waals surface area (Å²) >= 11 is 0. The Morgan fingerprint density at radius 3 is 2.61 bits per heavy atom. The second-order valence-electron chi connectivity index (χ2n) is 6.65. The molecule has 18 heavy (non-hydrogen) atoms. The average molecular weight is 256 g/mol. The number of hydrogen-bond acceptors (Lipinski definition) is 3.